The van der Waals surface area contributed by atoms with E-state index in [9.17, 15) is 4.79 Å². The number of hydrogen-bond donors (Lipinski definition) is 0. The monoisotopic (exact) mass is 430 g/mol. The highest BCUT2D eigenvalue weighted by Crippen LogP contribution is 2.39. The van der Waals surface area contributed by atoms with E-state index >= 15 is 0 Å². The number of aldehydes is 1. The number of fused-ring (bicyclic) bond motifs is 1. The second-order valence-corrected chi connectivity index (χ2v) is 9.02. The van der Waals surface area contributed by atoms with Crippen molar-refractivity contribution in [3.63, 3.8) is 0 Å². The smallest absolute Gasteiger partial charge is 0.160 e. The summed E-state index contributed by atoms with van der Waals surface area (Å²) in [4.78, 5) is 16.6. The molecule has 0 bridgehead atoms. The number of carbonyl (C=O) groups is 1. The number of benzene rings is 2. The van der Waals surface area contributed by atoms with Gasteiger partial charge in [-0.05, 0) is 37.4 Å². The summed E-state index contributed by atoms with van der Waals surface area (Å²) in [6.45, 7) is 7.37. The van der Waals surface area contributed by atoms with Gasteiger partial charge in [0.1, 0.15) is 0 Å². The van der Waals surface area contributed by atoms with Crippen LogP contribution in [0.3, 0.4) is 0 Å². The number of para-hydroxylation sites is 1. The molecule has 5 rings (SSSR count). The van der Waals surface area contributed by atoms with Crippen LogP contribution < -0.4 is 4.90 Å². The summed E-state index contributed by atoms with van der Waals surface area (Å²) in [6.07, 6.45) is 0.674. The van der Waals surface area contributed by atoms with Crippen molar-refractivity contribution in [1.82, 2.24) is 14.7 Å². The number of nitrogens with zero attached hydrogens (tertiary/aromatic N) is 4. The van der Waals surface area contributed by atoms with Gasteiger partial charge >= 0.3 is 0 Å². The van der Waals surface area contributed by atoms with Gasteiger partial charge in [-0.1, -0.05) is 36.4 Å². The van der Waals surface area contributed by atoms with Gasteiger partial charge in [-0.25, -0.2) is 4.68 Å². The Morgan fingerprint density at radius 1 is 0.968 bits per heavy atom. The summed E-state index contributed by atoms with van der Waals surface area (Å²) < 4.78 is 3.17. The molecule has 1 aliphatic rings. The predicted molar refractivity (Wildman–Crippen MR) is 128 cm³/mol. The van der Waals surface area contributed by atoms with Crippen molar-refractivity contribution >= 4 is 33.4 Å². The van der Waals surface area contributed by atoms with Crippen LogP contribution in [0.2, 0.25) is 0 Å². The van der Waals surface area contributed by atoms with Crippen molar-refractivity contribution in [2.75, 3.05) is 31.1 Å². The molecule has 1 aliphatic heterocycles. The third kappa shape index (κ3) is 3.66. The van der Waals surface area contributed by atoms with Crippen LogP contribution in [0.1, 0.15) is 17.6 Å². The van der Waals surface area contributed by atoms with Crippen molar-refractivity contribution in [3.05, 3.63) is 71.4 Å². The van der Waals surface area contributed by atoms with Crippen molar-refractivity contribution in [3.8, 4) is 11.1 Å². The van der Waals surface area contributed by atoms with E-state index in [0.717, 1.165) is 43.9 Å². The largest absolute Gasteiger partial charge is 0.368 e. The standard InChI is InChI=1S/C25H26N4OS/c1-18-15-19(2)29(26-18)25(16-30)28-13-11-27(12-14-28)23-9-5-3-7-20(23)22-17-31-24-10-6-4-8-21(22)24/h3-10,15-17,25H,11-14H2,1-2H3. The number of aromatic nitrogens is 2. The molecule has 0 spiro atoms. The van der Waals surface area contributed by atoms with Crippen molar-refractivity contribution in [2.24, 2.45) is 0 Å². The number of aryl methyl sites for hydroxylation is 2. The summed E-state index contributed by atoms with van der Waals surface area (Å²) in [5.41, 5.74) is 5.80. The Balaban J connectivity index is 1.39. The molecule has 2 aromatic heterocycles. The number of piperazine rings is 1. The Morgan fingerprint density at radius 3 is 2.45 bits per heavy atom. The van der Waals surface area contributed by atoms with Crippen LogP contribution >= 0.6 is 11.3 Å². The van der Waals surface area contributed by atoms with Gasteiger partial charge in [0.2, 0.25) is 0 Å². The Bertz CT molecular complexity index is 1220. The molecule has 0 N–H and O–H groups in total. The second kappa shape index (κ2) is 8.29. The minimum Gasteiger partial charge on any atom is -0.368 e. The molecule has 0 amide bonds. The SMILES string of the molecule is Cc1cc(C)n(C(C=O)N2CCN(c3ccccc3-c3csc4ccccc34)CC2)n1. The number of anilines is 1. The first-order valence-electron chi connectivity index (χ1n) is 10.7. The van der Waals surface area contributed by atoms with Crippen LogP contribution in [0.15, 0.2) is 60.0 Å². The van der Waals surface area contributed by atoms with Crippen LogP contribution in [0, 0.1) is 13.8 Å². The molecule has 1 atom stereocenters. The zero-order valence-electron chi connectivity index (χ0n) is 17.9. The lowest BCUT2D eigenvalue weighted by Gasteiger charge is -2.39. The fourth-order valence-corrected chi connectivity index (χ4v) is 5.56. The molecular formula is C25H26N4OS. The van der Waals surface area contributed by atoms with Gasteiger partial charge in [-0.15, -0.1) is 11.3 Å². The quantitative estimate of drug-likeness (QED) is 0.422. The maximum absolute atomic E-state index is 11.9. The first-order chi connectivity index (χ1) is 15.2. The normalized spacial score (nSPS) is 16.0. The molecule has 6 heteroatoms. The van der Waals surface area contributed by atoms with Gasteiger partial charge in [-0.3, -0.25) is 9.69 Å². The molecule has 3 heterocycles. The van der Waals surface area contributed by atoms with Crippen LogP contribution in [-0.2, 0) is 4.79 Å². The average Bonchev–Trinajstić information content (AvgIpc) is 3.37. The number of rotatable bonds is 5. The second-order valence-electron chi connectivity index (χ2n) is 8.11. The molecule has 31 heavy (non-hydrogen) atoms. The fourth-order valence-electron chi connectivity index (χ4n) is 4.60. The van der Waals surface area contributed by atoms with Crippen molar-refractivity contribution in [2.45, 2.75) is 20.0 Å². The lowest BCUT2D eigenvalue weighted by atomic mass is 10.0. The molecule has 5 nitrogen and oxygen atoms in total. The highest BCUT2D eigenvalue weighted by Gasteiger charge is 2.27. The molecule has 1 fully saturated rings. The van der Waals surface area contributed by atoms with E-state index in [1.54, 1.807) is 11.3 Å². The summed E-state index contributed by atoms with van der Waals surface area (Å²) in [7, 11) is 0. The Kier molecular flexibility index (Phi) is 5.34. The van der Waals surface area contributed by atoms with Crippen LogP contribution in [-0.4, -0.2) is 47.1 Å². The molecule has 4 aromatic rings. The highest BCUT2D eigenvalue weighted by molar-refractivity contribution is 7.17. The minimum atomic E-state index is -0.341. The summed E-state index contributed by atoms with van der Waals surface area (Å²) in [6, 6.07) is 19.3. The zero-order valence-corrected chi connectivity index (χ0v) is 18.7. The van der Waals surface area contributed by atoms with Crippen molar-refractivity contribution in [1.29, 1.82) is 0 Å². The van der Waals surface area contributed by atoms with Gasteiger partial charge in [0.15, 0.2) is 12.5 Å². The first kappa shape index (κ1) is 20.0. The third-order valence-electron chi connectivity index (χ3n) is 6.12. The van der Waals surface area contributed by atoms with E-state index in [4.69, 9.17) is 0 Å². The van der Waals surface area contributed by atoms with E-state index in [1.807, 2.05) is 24.6 Å². The lowest BCUT2D eigenvalue weighted by Crippen LogP contribution is -2.49. The zero-order chi connectivity index (χ0) is 21.4. The lowest BCUT2D eigenvalue weighted by molar-refractivity contribution is -0.116. The van der Waals surface area contributed by atoms with Gasteiger partial charge < -0.3 is 4.90 Å². The molecule has 0 radical (unpaired) electrons. The number of carbonyl (C=O) groups excluding carboxylic acids is 1. The minimum absolute atomic E-state index is 0.341. The van der Waals surface area contributed by atoms with E-state index < -0.39 is 0 Å². The van der Waals surface area contributed by atoms with Crippen LogP contribution in [0.5, 0.6) is 0 Å². The molecule has 158 valence electrons. The fraction of sp³-hybridized carbons (Fsp3) is 0.280. The van der Waals surface area contributed by atoms with E-state index in [-0.39, 0.29) is 6.17 Å². The molecule has 1 unspecified atom stereocenters. The highest BCUT2D eigenvalue weighted by atomic mass is 32.1. The molecule has 0 aliphatic carbocycles. The Labute approximate surface area is 186 Å². The summed E-state index contributed by atoms with van der Waals surface area (Å²) >= 11 is 1.80. The predicted octanol–water partition coefficient (Wildman–Crippen LogP) is 4.90. The van der Waals surface area contributed by atoms with E-state index in [0.29, 0.717) is 0 Å². The van der Waals surface area contributed by atoms with Crippen molar-refractivity contribution < 1.29 is 4.79 Å². The van der Waals surface area contributed by atoms with Gasteiger partial charge in [0.05, 0.1) is 5.69 Å². The third-order valence-corrected chi connectivity index (χ3v) is 7.08. The topological polar surface area (TPSA) is 41.4 Å². The number of thiophene rings is 1. The molecule has 2 aromatic carbocycles. The van der Waals surface area contributed by atoms with Crippen LogP contribution in [0.25, 0.3) is 21.2 Å². The average molecular weight is 431 g/mol. The van der Waals surface area contributed by atoms with Gasteiger partial charge in [0.25, 0.3) is 0 Å². The molecule has 0 saturated carbocycles. The van der Waals surface area contributed by atoms with Gasteiger partial charge in [-0.2, -0.15) is 5.10 Å². The Hall–Kier alpha value is -2.96. The van der Waals surface area contributed by atoms with Crippen LogP contribution in [0.4, 0.5) is 5.69 Å². The Morgan fingerprint density at radius 2 is 1.71 bits per heavy atom. The maximum Gasteiger partial charge on any atom is 0.160 e. The van der Waals surface area contributed by atoms with E-state index in [1.165, 1.54) is 26.9 Å². The molecule has 1 saturated heterocycles. The number of hydrogen-bond acceptors (Lipinski definition) is 5. The van der Waals surface area contributed by atoms with E-state index in [2.05, 4.69) is 68.8 Å². The summed E-state index contributed by atoms with van der Waals surface area (Å²) in [5.74, 6) is 0. The molecular weight excluding hydrogens is 404 g/mol. The maximum atomic E-state index is 11.9. The first-order valence-corrected chi connectivity index (χ1v) is 11.6. The van der Waals surface area contributed by atoms with Gasteiger partial charge in [0, 0.05) is 58.8 Å². The summed E-state index contributed by atoms with van der Waals surface area (Å²) in [5, 5.41) is 8.12.